The van der Waals surface area contributed by atoms with Crippen LogP contribution in [0.15, 0.2) is 0 Å². The van der Waals surface area contributed by atoms with E-state index >= 15 is 0 Å². The lowest BCUT2D eigenvalue weighted by Gasteiger charge is -2.26. The van der Waals surface area contributed by atoms with E-state index in [1.807, 2.05) is 0 Å². The van der Waals surface area contributed by atoms with Crippen molar-refractivity contribution in [2.24, 2.45) is 10.9 Å². The molecule has 5 N–H and O–H groups in total. The molecule has 1 fully saturated rings. The fourth-order valence-corrected chi connectivity index (χ4v) is 2.22. The Morgan fingerprint density at radius 2 is 1.88 bits per heavy atom. The van der Waals surface area contributed by atoms with Gasteiger partial charge in [-0.05, 0) is 32.1 Å². The van der Waals surface area contributed by atoms with Gasteiger partial charge in [0.1, 0.15) is 0 Å². The molecule has 0 aromatic rings. The SMILES string of the molecule is NC1CCC(OCCCNS(N)(=O)=O)CC1. The highest BCUT2D eigenvalue weighted by molar-refractivity contribution is 7.87. The first-order valence-electron chi connectivity index (χ1n) is 5.62. The van der Waals surface area contributed by atoms with Crippen LogP contribution in [0.25, 0.3) is 0 Å². The molecule has 1 rings (SSSR count). The van der Waals surface area contributed by atoms with E-state index in [2.05, 4.69) is 4.72 Å². The average molecular weight is 251 g/mol. The van der Waals surface area contributed by atoms with Crippen molar-refractivity contribution in [3.8, 4) is 0 Å². The van der Waals surface area contributed by atoms with E-state index in [1.54, 1.807) is 0 Å². The van der Waals surface area contributed by atoms with Gasteiger partial charge in [0.25, 0.3) is 10.2 Å². The lowest BCUT2D eigenvalue weighted by molar-refractivity contribution is 0.0245. The molecule has 0 spiro atoms. The quantitative estimate of drug-likeness (QED) is 0.551. The summed E-state index contributed by atoms with van der Waals surface area (Å²) in [5.74, 6) is 0. The summed E-state index contributed by atoms with van der Waals surface area (Å²) >= 11 is 0. The number of nitrogens with one attached hydrogen (secondary N) is 1. The van der Waals surface area contributed by atoms with E-state index in [4.69, 9.17) is 15.6 Å². The zero-order valence-corrected chi connectivity index (χ0v) is 10.2. The smallest absolute Gasteiger partial charge is 0.274 e. The first-order chi connectivity index (χ1) is 7.47. The fourth-order valence-electron chi connectivity index (χ4n) is 1.79. The molecule has 96 valence electrons. The van der Waals surface area contributed by atoms with Crippen molar-refractivity contribution in [3.05, 3.63) is 0 Å². The Bertz CT molecular complexity index is 286. The van der Waals surface area contributed by atoms with Crippen molar-refractivity contribution >= 4 is 10.2 Å². The van der Waals surface area contributed by atoms with E-state index in [0.717, 1.165) is 25.7 Å². The minimum absolute atomic E-state index is 0.286. The third-order valence-corrected chi connectivity index (χ3v) is 3.30. The summed E-state index contributed by atoms with van der Waals surface area (Å²) in [6, 6.07) is 0.323. The van der Waals surface area contributed by atoms with Crippen molar-refractivity contribution in [3.63, 3.8) is 0 Å². The predicted octanol–water partition coefficient (Wildman–Crippen LogP) is -0.544. The van der Waals surface area contributed by atoms with Crippen LogP contribution in [-0.2, 0) is 14.9 Å². The van der Waals surface area contributed by atoms with E-state index in [1.165, 1.54) is 0 Å². The molecule has 0 radical (unpaired) electrons. The minimum Gasteiger partial charge on any atom is -0.378 e. The monoisotopic (exact) mass is 251 g/mol. The van der Waals surface area contributed by atoms with Gasteiger partial charge < -0.3 is 10.5 Å². The molecule has 0 aliphatic heterocycles. The van der Waals surface area contributed by atoms with Crippen molar-refractivity contribution in [1.82, 2.24) is 4.72 Å². The first-order valence-corrected chi connectivity index (χ1v) is 7.16. The van der Waals surface area contributed by atoms with Crippen LogP contribution in [0.5, 0.6) is 0 Å². The minimum atomic E-state index is -3.56. The molecule has 16 heavy (non-hydrogen) atoms. The molecule has 0 heterocycles. The Morgan fingerprint density at radius 3 is 2.44 bits per heavy atom. The van der Waals surface area contributed by atoms with Gasteiger partial charge in [-0.2, -0.15) is 8.42 Å². The zero-order chi connectivity index (χ0) is 12.0. The summed E-state index contributed by atoms with van der Waals surface area (Å²) in [5.41, 5.74) is 5.78. The van der Waals surface area contributed by atoms with Gasteiger partial charge in [-0.1, -0.05) is 0 Å². The maximum atomic E-state index is 10.5. The summed E-state index contributed by atoms with van der Waals surface area (Å²) in [4.78, 5) is 0. The number of hydrogen-bond donors (Lipinski definition) is 3. The largest absolute Gasteiger partial charge is 0.378 e. The van der Waals surface area contributed by atoms with Gasteiger partial charge in [0, 0.05) is 19.2 Å². The fraction of sp³-hybridized carbons (Fsp3) is 1.00. The normalized spacial score (nSPS) is 26.9. The highest BCUT2D eigenvalue weighted by atomic mass is 32.2. The molecule has 0 aromatic carbocycles. The second-order valence-corrected chi connectivity index (χ2v) is 5.58. The Morgan fingerprint density at radius 1 is 1.25 bits per heavy atom. The van der Waals surface area contributed by atoms with Gasteiger partial charge in [0.2, 0.25) is 0 Å². The summed E-state index contributed by atoms with van der Waals surface area (Å²) in [5, 5.41) is 4.78. The van der Waals surface area contributed by atoms with Crippen LogP contribution in [0, 0.1) is 0 Å². The average Bonchev–Trinajstić information content (AvgIpc) is 2.19. The molecule has 0 saturated heterocycles. The van der Waals surface area contributed by atoms with Crippen LogP contribution in [0.2, 0.25) is 0 Å². The van der Waals surface area contributed by atoms with E-state index in [-0.39, 0.29) is 6.10 Å². The molecule has 0 bridgehead atoms. The van der Waals surface area contributed by atoms with Gasteiger partial charge in [-0.25, -0.2) is 9.86 Å². The van der Waals surface area contributed by atoms with Gasteiger partial charge in [0.15, 0.2) is 0 Å². The van der Waals surface area contributed by atoms with E-state index in [0.29, 0.717) is 25.6 Å². The number of hydrogen-bond acceptors (Lipinski definition) is 4. The molecule has 0 unspecified atom stereocenters. The van der Waals surface area contributed by atoms with Gasteiger partial charge in [-0.3, -0.25) is 0 Å². The Balaban J connectivity index is 1.99. The first kappa shape index (κ1) is 13.9. The molecule has 7 heteroatoms. The molecule has 6 nitrogen and oxygen atoms in total. The number of rotatable bonds is 6. The zero-order valence-electron chi connectivity index (χ0n) is 9.39. The van der Waals surface area contributed by atoms with Crippen molar-refractivity contribution < 1.29 is 13.2 Å². The van der Waals surface area contributed by atoms with Gasteiger partial charge in [-0.15, -0.1) is 0 Å². The predicted molar refractivity (Wildman–Crippen MR) is 61.9 cm³/mol. The summed E-state index contributed by atoms with van der Waals surface area (Å²) in [6.45, 7) is 0.882. The van der Waals surface area contributed by atoms with Crippen molar-refractivity contribution in [2.75, 3.05) is 13.2 Å². The third kappa shape index (κ3) is 6.39. The molecule has 0 atom stereocenters. The molecule has 0 amide bonds. The standard InChI is InChI=1S/C9H21N3O3S/c10-8-2-4-9(5-3-8)15-7-1-6-12-16(11,13)14/h8-9,12H,1-7,10H2,(H2,11,13,14). The number of nitrogens with two attached hydrogens (primary N) is 2. The topological polar surface area (TPSA) is 107 Å². The van der Waals surface area contributed by atoms with Crippen LogP contribution >= 0.6 is 0 Å². The molecular formula is C9H21N3O3S. The van der Waals surface area contributed by atoms with Crippen molar-refractivity contribution in [1.29, 1.82) is 0 Å². The highest BCUT2D eigenvalue weighted by Crippen LogP contribution is 2.19. The van der Waals surface area contributed by atoms with Gasteiger partial charge in [0.05, 0.1) is 6.10 Å². The maximum absolute atomic E-state index is 10.5. The summed E-state index contributed by atoms with van der Waals surface area (Å²) < 4.78 is 28.9. The lowest BCUT2D eigenvalue weighted by Crippen LogP contribution is -2.33. The molecular weight excluding hydrogens is 230 g/mol. The van der Waals surface area contributed by atoms with Crippen LogP contribution in [0.1, 0.15) is 32.1 Å². The van der Waals surface area contributed by atoms with Crippen molar-refractivity contribution in [2.45, 2.75) is 44.2 Å². The Kier molecular flexibility index (Phi) is 5.63. The van der Waals surface area contributed by atoms with E-state index in [9.17, 15) is 8.42 Å². The number of ether oxygens (including phenoxy) is 1. The van der Waals surface area contributed by atoms with Gasteiger partial charge >= 0.3 is 0 Å². The van der Waals surface area contributed by atoms with Crippen LogP contribution in [0.4, 0.5) is 0 Å². The van der Waals surface area contributed by atoms with Crippen LogP contribution < -0.4 is 15.6 Å². The molecule has 1 aliphatic rings. The Hall–Kier alpha value is -0.210. The highest BCUT2D eigenvalue weighted by Gasteiger charge is 2.18. The third-order valence-electron chi connectivity index (χ3n) is 2.70. The summed E-state index contributed by atoms with van der Waals surface area (Å²) in [6.07, 6.45) is 4.96. The molecule has 1 saturated carbocycles. The molecule has 0 aromatic heterocycles. The van der Waals surface area contributed by atoms with Crippen LogP contribution in [-0.4, -0.2) is 33.7 Å². The van der Waals surface area contributed by atoms with E-state index < -0.39 is 10.2 Å². The second-order valence-electron chi connectivity index (χ2n) is 4.20. The second kappa shape index (κ2) is 6.51. The molecule has 1 aliphatic carbocycles. The maximum Gasteiger partial charge on any atom is 0.274 e. The lowest BCUT2D eigenvalue weighted by atomic mass is 9.94. The van der Waals surface area contributed by atoms with Crippen LogP contribution in [0.3, 0.4) is 0 Å². The Labute approximate surface area is 96.9 Å². The summed E-state index contributed by atoms with van der Waals surface area (Å²) in [7, 11) is -3.56.